The van der Waals surface area contributed by atoms with Gasteiger partial charge in [-0.25, -0.2) is 9.78 Å². The average Bonchev–Trinajstić information content (AvgIpc) is 3.27. The molecular formula is C18H29N7O7S. The summed E-state index contributed by atoms with van der Waals surface area (Å²) in [5.41, 5.74) is 11.0. The molecule has 0 spiro atoms. The Morgan fingerprint density at radius 1 is 1.09 bits per heavy atom. The smallest absolute Gasteiger partial charge is 0.326 e. The summed E-state index contributed by atoms with van der Waals surface area (Å²) in [5, 5.41) is 25.4. The number of aliphatic hydroxyl groups is 1. The minimum atomic E-state index is -1.45. The van der Waals surface area contributed by atoms with Gasteiger partial charge in [0.05, 0.1) is 19.4 Å². The molecule has 0 saturated heterocycles. The van der Waals surface area contributed by atoms with Crippen LogP contribution in [-0.2, 0) is 30.4 Å². The monoisotopic (exact) mass is 487 g/mol. The van der Waals surface area contributed by atoms with Crippen molar-refractivity contribution in [3.8, 4) is 0 Å². The molecule has 0 bridgehead atoms. The van der Waals surface area contributed by atoms with Crippen molar-refractivity contribution < 1.29 is 34.2 Å². The summed E-state index contributed by atoms with van der Waals surface area (Å²) in [7, 11) is 0. The van der Waals surface area contributed by atoms with Crippen molar-refractivity contribution in [2.45, 2.75) is 43.4 Å². The second-order valence-electron chi connectivity index (χ2n) is 7.04. The minimum Gasteiger partial charge on any atom is -0.480 e. The van der Waals surface area contributed by atoms with Crippen molar-refractivity contribution in [2.24, 2.45) is 11.5 Å². The third-order valence-corrected chi connectivity index (χ3v) is 5.05. The summed E-state index contributed by atoms with van der Waals surface area (Å²) in [6, 6.07) is -5.23. The number of aliphatic carboxylic acids is 1. The van der Waals surface area contributed by atoms with E-state index in [0.29, 0.717) is 11.4 Å². The number of aliphatic hydroxyl groups excluding tert-OH is 1. The van der Waals surface area contributed by atoms with Crippen LogP contribution in [0.15, 0.2) is 12.5 Å². The first-order valence-corrected chi connectivity index (χ1v) is 11.2. The van der Waals surface area contributed by atoms with Gasteiger partial charge in [0.2, 0.25) is 23.6 Å². The Morgan fingerprint density at radius 2 is 1.70 bits per heavy atom. The maximum atomic E-state index is 12.8. The highest BCUT2D eigenvalue weighted by Crippen LogP contribution is 2.05. The number of aromatic nitrogens is 2. The number of hydrogen-bond donors (Lipinski definition) is 8. The number of nitrogens with two attached hydrogens (primary N) is 2. The number of carbonyl (C=O) groups is 5. The lowest BCUT2D eigenvalue weighted by atomic mass is 10.1. The van der Waals surface area contributed by atoms with Gasteiger partial charge in [0.25, 0.3) is 0 Å². The van der Waals surface area contributed by atoms with Gasteiger partial charge in [0.1, 0.15) is 24.2 Å². The van der Waals surface area contributed by atoms with Crippen molar-refractivity contribution >= 4 is 41.4 Å². The van der Waals surface area contributed by atoms with Gasteiger partial charge in [-0.3, -0.25) is 19.2 Å². The standard InChI is InChI=1S/C18H29N7O7S/c1-33-3-2-11(16(29)25-13(18(31)32)4-9-6-21-8-22-9)23-17(30)12(5-14(20)27)24-15(28)10(19)7-26/h6,8,10-13,26H,2-5,7,19H2,1H3,(H2,20,27)(H,21,22)(H,23,30)(H,24,28)(H,25,29)(H,31,32). The van der Waals surface area contributed by atoms with Crippen LogP contribution in [0.5, 0.6) is 0 Å². The van der Waals surface area contributed by atoms with E-state index in [2.05, 4.69) is 25.9 Å². The molecule has 14 nitrogen and oxygen atoms in total. The fourth-order valence-electron chi connectivity index (χ4n) is 2.64. The number of carbonyl (C=O) groups excluding carboxylic acids is 4. The highest BCUT2D eigenvalue weighted by Gasteiger charge is 2.31. The Balaban J connectivity index is 2.95. The number of carboxylic acid groups (broad SMARTS) is 1. The summed E-state index contributed by atoms with van der Waals surface area (Å²) in [6.07, 6.45) is 4.06. The van der Waals surface area contributed by atoms with Gasteiger partial charge in [0, 0.05) is 18.3 Å². The Kier molecular flexibility index (Phi) is 11.9. The molecule has 4 atom stereocenters. The molecule has 33 heavy (non-hydrogen) atoms. The first kappa shape index (κ1) is 27.9. The molecule has 1 aromatic rings. The zero-order chi connectivity index (χ0) is 25.0. The zero-order valence-corrected chi connectivity index (χ0v) is 18.8. The Labute approximate surface area is 193 Å². The molecule has 10 N–H and O–H groups in total. The topological polar surface area (TPSA) is 243 Å². The number of carboxylic acids is 1. The first-order chi connectivity index (χ1) is 15.6. The second kappa shape index (κ2) is 14.1. The van der Waals surface area contributed by atoms with Gasteiger partial charge in [-0.2, -0.15) is 11.8 Å². The molecule has 15 heteroatoms. The second-order valence-corrected chi connectivity index (χ2v) is 8.03. The predicted molar refractivity (Wildman–Crippen MR) is 118 cm³/mol. The summed E-state index contributed by atoms with van der Waals surface area (Å²) in [5.74, 6) is -4.30. The number of aromatic amines is 1. The van der Waals surface area contributed by atoms with E-state index in [9.17, 15) is 29.1 Å². The lowest BCUT2D eigenvalue weighted by Crippen LogP contribution is -2.58. The molecule has 4 unspecified atom stereocenters. The number of primary amides is 1. The minimum absolute atomic E-state index is 0.0658. The largest absolute Gasteiger partial charge is 0.480 e. The van der Waals surface area contributed by atoms with Gasteiger partial charge < -0.3 is 42.6 Å². The Morgan fingerprint density at radius 3 is 2.21 bits per heavy atom. The Hall–Kier alpha value is -3.17. The fraction of sp³-hybridized carbons (Fsp3) is 0.556. The van der Waals surface area contributed by atoms with Crippen molar-refractivity contribution in [1.82, 2.24) is 25.9 Å². The van der Waals surface area contributed by atoms with Crippen LogP contribution in [-0.4, -0.2) is 92.6 Å². The van der Waals surface area contributed by atoms with Crippen LogP contribution < -0.4 is 27.4 Å². The number of amides is 4. The van der Waals surface area contributed by atoms with E-state index >= 15 is 0 Å². The van der Waals surface area contributed by atoms with Crippen molar-refractivity contribution in [3.05, 3.63) is 18.2 Å². The van der Waals surface area contributed by atoms with Crippen LogP contribution in [0.4, 0.5) is 0 Å². The maximum Gasteiger partial charge on any atom is 0.326 e. The van der Waals surface area contributed by atoms with Crippen molar-refractivity contribution in [1.29, 1.82) is 0 Å². The van der Waals surface area contributed by atoms with E-state index in [1.54, 1.807) is 6.26 Å². The lowest BCUT2D eigenvalue weighted by Gasteiger charge is -2.24. The average molecular weight is 488 g/mol. The van der Waals surface area contributed by atoms with Crippen molar-refractivity contribution in [2.75, 3.05) is 18.6 Å². The molecule has 0 aliphatic heterocycles. The number of H-pyrrole nitrogens is 1. The van der Waals surface area contributed by atoms with E-state index in [4.69, 9.17) is 16.6 Å². The molecule has 1 rings (SSSR count). The van der Waals surface area contributed by atoms with E-state index in [0.717, 1.165) is 0 Å². The van der Waals surface area contributed by atoms with E-state index in [-0.39, 0.29) is 12.8 Å². The summed E-state index contributed by atoms with van der Waals surface area (Å²) in [6.45, 7) is -0.692. The summed E-state index contributed by atoms with van der Waals surface area (Å²) >= 11 is 1.39. The molecule has 1 aromatic heterocycles. The van der Waals surface area contributed by atoms with Gasteiger partial charge in [0.15, 0.2) is 0 Å². The quantitative estimate of drug-likeness (QED) is 0.121. The molecule has 0 radical (unpaired) electrons. The number of thioether (sulfide) groups is 1. The first-order valence-electron chi connectivity index (χ1n) is 9.83. The molecule has 0 aliphatic rings. The number of imidazole rings is 1. The number of hydrogen-bond acceptors (Lipinski definition) is 9. The predicted octanol–water partition coefficient (Wildman–Crippen LogP) is -3.56. The normalized spacial score (nSPS) is 14.4. The van der Waals surface area contributed by atoms with Crippen LogP contribution in [0, 0.1) is 0 Å². The third kappa shape index (κ3) is 9.88. The highest BCUT2D eigenvalue weighted by molar-refractivity contribution is 7.98. The summed E-state index contributed by atoms with van der Waals surface area (Å²) in [4.78, 5) is 67.0. The molecule has 4 amide bonds. The molecule has 0 fully saturated rings. The SMILES string of the molecule is CSCCC(NC(=O)C(CC(N)=O)NC(=O)C(N)CO)C(=O)NC(Cc1cnc[nH]1)C(=O)O. The van der Waals surface area contributed by atoms with Crippen molar-refractivity contribution in [3.63, 3.8) is 0 Å². The van der Waals surface area contributed by atoms with Crippen LogP contribution in [0.1, 0.15) is 18.5 Å². The Bertz CT molecular complexity index is 821. The maximum absolute atomic E-state index is 12.8. The molecular weight excluding hydrogens is 458 g/mol. The number of rotatable bonds is 15. The zero-order valence-electron chi connectivity index (χ0n) is 17.9. The summed E-state index contributed by atoms with van der Waals surface area (Å²) < 4.78 is 0. The van der Waals surface area contributed by atoms with Crippen LogP contribution >= 0.6 is 11.8 Å². The number of nitrogens with zero attached hydrogens (tertiary/aromatic N) is 1. The van der Waals surface area contributed by atoms with E-state index < -0.39 is 66.8 Å². The van der Waals surface area contributed by atoms with Gasteiger partial charge in [-0.15, -0.1) is 0 Å². The molecule has 0 aliphatic carbocycles. The van der Waals surface area contributed by atoms with Crippen LogP contribution in [0.2, 0.25) is 0 Å². The lowest BCUT2D eigenvalue weighted by molar-refractivity contribution is -0.142. The number of nitrogens with one attached hydrogen (secondary N) is 4. The van der Waals surface area contributed by atoms with E-state index in [1.807, 2.05) is 0 Å². The van der Waals surface area contributed by atoms with Gasteiger partial charge in [-0.05, 0) is 18.4 Å². The molecule has 0 aromatic carbocycles. The molecule has 184 valence electrons. The van der Waals surface area contributed by atoms with Gasteiger partial charge in [-0.1, -0.05) is 0 Å². The van der Waals surface area contributed by atoms with Gasteiger partial charge >= 0.3 is 5.97 Å². The highest BCUT2D eigenvalue weighted by atomic mass is 32.2. The van der Waals surface area contributed by atoms with Crippen LogP contribution in [0.25, 0.3) is 0 Å². The molecule has 1 heterocycles. The van der Waals surface area contributed by atoms with E-state index in [1.165, 1.54) is 24.3 Å². The third-order valence-electron chi connectivity index (χ3n) is 4.41. The van der Waals surface area contributed by atoms with Crippen LogP contribution in [0.3, 0.4) is 0 Å². The molecule has 0 saturated carbocycles. The fourth-order valence-corrected chi connectivity index (χ4v) is 3.11.